The number of allylic oxidation sites excluding steroid dienone is 4. The van der Waals surface area contributed by atoms with E-state index in [2.05, 4.69) is 202 Å². The number of hydrogen-bond donors (Lipinski definition) is 0. The molecule has 0 fully saturated rings. The first kappa shape index (κ1) is 34.6. The van der Waals surface area contributed by atoms with Gasteiger partial charge in [0, 0.05) is 51.7 Å². The number of rotatable bonds is 5. The molecule has 0 radical (unpaired) electrons. The lowest BCUT2D eigenvalue weighted by Gasteiger charge is -2.46. The molecule has 1 unspecified atom stereocenters. The van der Waals surface area contributed by atoms with Crippen molar-refractivity contribution in [3.8, 4) is 22.3 Å². The van der Waals surface area contributed by atoms with E-state index in [0.717, 1.165) is 19.4 Å². The van der Waals surface area contributed by atoms with Gasteiger partial charge in [-0.05, 0) is 123 Å². The smallest absolute Gasteiger partial charge is 0.0499 e. The zero-order valence-electron chi connectivity index (χ0n) is 33.3. The number of para-hydroxylation sites is 2. The van der Waals surface area contributed by atoms with Crippen molar-refractivity contribution in [3.05, 3.63) is 190 Å². The molecule has 2 aliphatic carbocycles. The Morgan fingerprint density at radius 1 is 0.589 bits per heavy atom. The van der Waals surface area contributed by atoms with Crippen molar-refractivity contribution in [2.24, 2.45) is 5.92 Å². The average molecular weight is 727 g/mol. The summed E-state index contributed by atoms with van der Waals surface area (Å²) in [5.41, 5.74) is 21.1. The molecule has 2 heteroatoms. The predicted molar refractivity (Wildman–Crippen MR) is 238 cm³/mol. The van der Waals surface area contributed by atoms with Gasteiger partial charge < -0.3 is 9.80 Å². The third kappa shape index (κ3) is 5.53. The van der Waals surface area contributed by atoms with E-state index in [1.807, 2.05) is 0 Å². The molecule has 1 atom stereocenters. The number of fused-ring (bicyclic) bond motifs is 5. The van der Waals surface area contributed by atoms with Crippen molar-refractivity contribution in [2.75, 3.05) is 16.3 Å². The van der Waals surface area contributed by atoms with Crippen molar-refractivity contribution in [1.82, 2.24) is 0 Å². The second-order valence-corrected chi connectivity index (χ2v) is 17.4. The van der Waals surface area contributed by atoms with Crippen LogP contribution in [0.2, 0.25) is 0 Å². The van der Waals surface area contributed by atoms with Gasteiger partial charge in [0.15, 0.2) is 0 Å². The molecule has 0 spiro atoms. The quantitative estimate of drug-likeness (QED) is 0.163. The summed E-state index contributed by atoms with van der Waals surface area (Å²) in [6.45, 7) is 13.0. The molecule has 56 heavy (non-hydrogen) atoms. The summed E-state index contributed by atoms with van der Waals surface area (Å²) in [6.07, 6.45) is 12.7. The minimum Gasteiger partial charge on any atom is -0.341 e. The number of anilines is 4. The number of hydrogen-bond acceptors (Lipinski definition) is 2. The average Bonchev–Trinajstić information content (AvgIpc) is 3.45. The van der Waals surface area contributed by atoms with Crippen LogP contribution < -0.4 is 9.80 Å². The highest BCUT2D eigenvalue weighted by Crippen LogP contribution is 2.53. The Balaban J connectivity index is 0.937. The van der Waals surface area contributed by atoms with Crippen molar-refractivity contribution in [1.29, 1.82) is 0 Å². The molecule has 0 bridgehead atoms. The molecule has 10 rings (SSSR count). The summed E-state index contributed by atoms with van der Waals surface area (Å²) in [5.74, 6) is 0.439. The minimum atomic E-state index is -0.0854. The van der Waals surface area contributed by atoms with Crippen LogP contribution >= 0.6 is 0 Å². The summed E-state index contributed by atoms with van der Waals surface area (Å²) in [4.78, 5) is 5.06. The SMILES string of the molecule is CC1CC=CC2=C1N(c1cccc(-c3cccc(/C=C/c4ccc5c(c4)C(C)(C)c4cc(N6CCCc7ccccc76)ccc4-5)c3)c1)c1ccccc1C2(C)C. The van der Waals surface area contributed by atoms with E-state index in [1.165, 1.54) is 96.1 Å². The standard InChI is InChI=1S/C54H50N2/c1-36-14-10-22-47-52(36)56(51-24-9-7-21-46(51)53(47,2)3)43-20-12-18-41(34-43)40-17-11-15-37(32-40)25-26-38-27-29-44-45-30-28-42(35-49(45)54(4,5)48(44)33-38)55-31-13-19-39-16-6-8-23-50(39)55/h6-12,15-18,20-30,32-36H,13-14,19,31H2,1-5H3/b26-25+. The fourth-order valence-electron chi connectivity index (χ4n) is 10.1. The molecule has 0 N–H and O–H groups in total. The zero-order chi connectivity index (χ0) is 38.2. The second kappa shape index (κ2) is 13.1. The molecule has 2 heterocycles. The second-order valence-electron chi connectivity index (χ2n) is 17.4. The van der Waals surface area contributed by atoms with Crippen LogP contribution in [0.25, 0.3) is 34.4 Å². The lowest BCUT2D eigenvalue weighted by molar-refractivity contribution is 0.561. The van der Waals surface area contributed by atoms with Crippen LogP contribution in [0.5, 0.6) is 0 Å². The van der Waals surface area contributed by atoms with E-state index in [9.17, 15) is 0 Å². The molecule has 2 nitrogen and oxygen atoms in total. The predicted octanol–water partition coefficient (Wildman–Crippen LogP) is 14.2. The third-order valence-electron chi connectivity index (χ3n) is 13.1. The number of aryl methyl sites for hydroxylation is 1. The van der Waals surface area contributed by atoms with Gasteiger partial charge in [0.2, 0.25) is 0 Å². The Labute approximate surface area is 333 Å². The molecular weight excluding hydrogens is 677 g/mol. The van der Waals surface area contributed by atoms with Crippen molar-refractivity contribution >= 4 is 34.9 Å². The van der Waals surface area contributed by atoms with E-state index < -0.39 is 0 Å². The van der Waals surface area contributed by atoms with Crippen LogP contribution in [0.4, 0.5) is 22.7 Å². The summed E-state index contributed by atoms with van der Waals surface area (Å²) in [5, 5.41) is 0. The van der Waals surface area contributed by atoms with Gasteiger partial charge in [-0.1, -0.05) is 150 Å². The van der Waals surface area contributed by atoms with Crippen LogP contribution in [0.3, 0.4) is 0 Å². The molecule has 6 aromatic rings. The Morgan fingerprint density at radius 3 is 2.12 bits per heavy atom. The topological polar surface area (TPSA) is 6.48 Å². The van der Waals surface area contributed by atoms with E-state index in [1.54, 1.807) is 0 Å². The van der Waals surface area contributed by atoms with Crippen molar-refractivity contribution in [3.63, 3.8) is 0 Å². The van der Waals surface area contributed by atoms with Crippen molar-refractivity contribution in [2.45, 2.75) is 64.7 Å². The van der Waals surface area contributed by atoms with Crippen LogP contribution in [0, 0.1) is 5.92 Å². The maximum absolute atomic E-state index is 2.54. The van der Waals surface area contributed by atoms with Crippen LogP contribution in [0.1, 0.15) is 80.8 Å². The Bertz CT molecular complexity index is 2630. The van der Waals surface area contributed by atoms with Gasteiger partial charge in [-0.2, -0.15) is 0 Å². The summed E-state index contributed by atoms with van der Waals surface area (Å²) >= 11 is 0. The van der Waals surface area contributed by atoms with Gasteiger partial charge >= 0.3 is 0 Å². The molecular formula is C54H50N2. The fraction of sp³-hybridized carbons (Fsp3) is 0.222. The molecule has 0 saturated carbocycles. The summed E-state index contributed by atoms with van der Waals surface area (Å²) in [7, 11) is 0. The number of nitrogens with zero attached hydrogens (tertiary/aromatic N) is 2. The molecule has 6 aromatic carbocycles. The van der Waals surface area contributed by atoms with E-state index in [0.29, 0.717) is 5.92 Å². The summed E-state index contributed by atoms with van der Waals surface area (Å²) in [6, 6.07) is 50.2. The molecule has 2 aliphatic heterocycles. The van der Waals surface area contributed by atoms with Crippen LogP contribution in [-0.2, 0) is 17.3 Å². The molecule has 276 valence electrons. The fourth-order valence-corrected chi connectivity index (χ4v) is 10.1. The van der Waals surface area contributed by atoms with E-state index in [-0.39, 0.29) is 10.8 Å². The van der Waals surface area contributed by atoms with Gasteiger partial charge in [0.25, 0.3) is 0 Å². The Morgan fingerprint density at radius 2 is 1.29 bits per heavy atom. The third-order valence-corrected chi connectivity index (χ3v) is 13.1. The lowest BCUT2D eigenvalue weighted by Crippen LogP contribution is -2.37. The monoisotopic (exact) mass is 726 g/mol. The first-order valence-electron chi connectivity index (χ1n) is 20.5. The number of benzene rings is 6. The Kier molecular flexibility index (Phi) is 8.11. The van der Waals surface area contributed by atoms with Gasteiger partial charge in [-0.25, -0.2) is 0 Å². The van der Waals surface area contributed by atoms with Crippen LogP contribution in [-0.4, -0.2) is 6.54 Å². The summed E-state index contributed by atoms with van der Waals surface area (Å²) < 4.78 is 0. The first-order valence-corrected chi connectivity index (χ1v) is 20.5. The highest BCUT2D eigenvalue weighted by Gasteiger charge is 2.40. The molecule has 0 amide bonds. The van der Waals surface area contributed by atoms with Crippen LogP contribution in [0.15, 0.2) is 157 Å². The molecule has 0 aromatic heterocycles. The van der Waals surface area contributed by atoms with Crippen molar-refractivity contribution < 1.29 is 0 Å². The highest BCUT2D eigenvalue weighted by molar-refractivity contribution is 5.86. The minimum absolute atomic E-state index is 0.0473. The molecule has 0 saturated heterocycles. The van der Waals surface area contributed by atoms with Gasteiger partial charge in [-0.3, -0.25) is 0 Å². The largest absolute Gasteiger partial charge is 0.341 e. The van der Waals surface area contributed by atoms with Gasteiger partial charge in [0.05, 0.1) is 0 Å². The Hall–Kier alpha value is -5.86. The van der Waals surface area contributed by atoms with E-state index in [4.69, 9.17) is 0 Å². The maximum Gasteiger partial charge on any atom is 0.0499 e. The highest BCUT2D eigenvalue weighted by atomic mass is 15.2. The zero-order valence-corrected chi connectivity index (χ0v) is 33.3. The molecule has 4 aliphatic rings. The lowest BCUT2D eigenvalue weighted by atomic mass is 9.69. The first-order chi connectivity index (χ1) is 27.2. The van der Waals surface area contributed by atoms with Gasteiger partial charge in [0.1, 0.15) is 0 Å². The van der Waals surface area contributed by atoms with E-state index >= 15 is 0 Å². The normalized spacial score (nSPS) is 18.7. The van der Waals surface area contributed by atoms with Gasteiger partial charge in [-0.15, -0.1) is 0 Å². The maximum atomic E-state index is 2.54.